The Bertz CT molecular complexity index is 355. The van der Waals surface area contributed by atoms with Crippen LogP contribution < -0.4 is 0 Å². The molecular formula is C6H4BrN3. The fourth-order valence-electron chi connectivity index (χ4n) is 0.829. The highest BCUT2D eigenvalue weighted by molar-refractivity contribution is 9.10. The van der Waals surface area contributed by atoms with Gasteiger partial charge in [-0.25, -0.2) is 9.50 Å². The third kappa shape index (κ3) is 0.724. The lowest BCUT2D eigenvalue weighted by atomic mass is 10.5. The Morgan fingerprint density at radius 3 is 3.10 bits per heavy atom. The van der Waals surface area contributed by atoms with Gasteiger partial charge in [-0.3, -0.25) is 0 Å². The zero-order valence-corrected chi connectivity index (χ0v) is 6.62. The van der Waals surface area contributed by atoms with Gasteiger partial charge < -0.3 is 0 Å². The fraction of sp³-hybridized carbons (Fsp3) is 0. The van der Waals surface area contributed by atoms with Crippen molar-refractivity contribution in [2.45, 2.75) is 0 Å². The minimum absolute atomic E-state index is 0.949. The van der Waals surface area contributed by atoms with Crippen molar-refractivity contribution in [3.8, 4) is 0 Å². The Balaban J connectivity index is 2.93. The molecule has 0 N–H and O–H groups in total. The van der Waals surface area contributed by atoms with Crippen LogP contribution in [-0.4, -0.2) is 14.6 Å². The number of aromatic nitrogens is 3. The Labute approximate surface area is 65.8 Å². The number of fused-ring (bicyclic) bond motifs is 1. The molecule has 2 rings (SSSR count). The third-order valence-electron chi connectivity index (χ3n) is 1.28. The Morgan fingerprint density at radius 2 is 2.30 bits per heavy atom. The number of rotatable bonds is 0. The Morgan fingerprint density at radius 1 is 1.40 bits per heavy atom. The van der Waals surface area contributed by atoms with Crippen molar-refractivity contribution in [2.24, 2.45) is 0 Å². The Kier molecular flexibility index (Phi) is 1.20. The molecule has 0 atom stereocenters. The third-order valence-corrected chi connectivity index (χ3v) is 1.88. The van der Waals surface area contributed by atoms with Gasteiger partial charge in [0.15, 0.2) is 0 Å². The minimum Gasteiger partial charge on any atom is -0.241 e. The van der Waals surface area contributed by atoms with Gasteiger partial charge >= 0.3 is 0 Å². The summed E-state index contributed by atoms with van der Waals surface area (Å²) >= 11 is 3.34. The molecule has 0 aliphatic carbocycles. The van der Waals surface area contributed by atoms with Crippen LogP contribution in [0, 0.1) is 0 Å². The van der Waals surface area contributed by atoms with Crippen LogP contribution in [0.4, 0.5) is 0 Å². The van der Waals surface area contributed by atoms with Crippen LogP contribution in [0.1, 0.15) is 0 Å². The highest BCUT2D eigenvalue weighted by atomic mass is 79.9. The average Bonchev–Trinajstić information content (AvgIpc) is 2.34. The van der Waals surface area contributed by atoms with E-state index in [9.17, 15) is 0 Å². The van der Waals surface area contributed by atoms with Crippen molar-refractivity contribution in [1.82, 2.24) is 14.6 Å². The molecule has 3 nitrogen and oxygen atoms in total. The minimum atomic E-state index is 0.949. The highest BCUT2D eigenvalue weighted by Gasteiger charge is 1.95. The van der Waals surface area contributed by atoms with Gasteiger partial charge in [0.05, 0.1) is 11.7 Å². The average molecular weight is 198 g/mol. The molecule has 0 saturated heterocycles. The largest absolute Gasteiger partial charge is 0.241 e. The molecule has 0 radical (unpaired) electrons. The standard InChI is InChI=1S/C6H4BrN3/c7-6-2-1-5-3-8-4-9-10(5)6/h1-4H. The normalized spacial score (nSPS) is 10.5. The van der Waals surface area contributed by atoms with E-state index in [4.69, 9.17) is 0 Å². The van der Waals surface area contributed by atoms with Crippen molar-refractivity contribution in [1.29, 1.82) is 0 Å². The lowest BCUT2D eigenvalue weighted by Gasteiger charge is -1.90. The first kappa shape index (κ1) is 5.85. The molecule has 10 heavy (non-hydrogen) atoms. The van der Waals surface area contributed by atoms with Crippen LogP contribution in [0.5, 0.6) is 0 Å². The Hall–Kier alpha value is -0.900. The summed E-state index contributed by atoms with van der Waals surface area (Å²) in [5, 5.41) is 4.00. The molecule has 0 aliphatic heterocycles. The lowest BCUT2D eigenvalue weighted by Crippen LogP contribution is -1.89. The van der Waals surface area contributed by atoms with Crippen molar-refractivity contribution >= 4 is 21.4 Å². The summed E-state index contributed by atoms with van der Waals surface area (Å²) in [4.78, 5) is 3.87. The maximum absolute atomic E-state index is 4.00. The molecule has 2 heterocycles. The predicted octanol–water partition coefficient (Wildman–Crippen LogP) is 1.49. The van der Waals surface area contributed by atoms with E-state index in [1.165, 1.54) is 6.33 Å². The predicted molar refractivity (Wildman–Crippen MR) is 40.7 cm³/mol. The van der Waals surface area contributed by atoms with Crippen molar-refractivity contribution in [3.63, 3.8) is 0 Å². The first-order valence-corrected chi connectivity index (χ1v) is 3.60. The second-order valence-electron chi connectivity index (χ2n) is 1.90. The molecule has 0 saturated carbocycles. The molecule has 0 spiro atoms. The van der Waals surface area contributed by atoms with E-state index in [0.29, 0.717) is 0 Å². The monoisotopic (exact) mass is 197 g/mol. The summed E-state index contributed by atoms with van der Waals surface area (Å²) in [6, 6.07) is 3.88. The van der Waals surface area contributed by atoms with Gasteiger partial charge in [-0.2, -0.15) is 5.10 Å². The first-order chi connectivity index (χ1) is 4.88. The van der Waals surface area contributed by atoms with Gasteiger partial charge in [-0.1, -0.05) is 0 Å². The van der Waals surface area contributed by atoms with E-state index in [2.05, 4.69) is 26.0 Å². The molecule has 0 amide bonds. The molecule has 2 aromatic rings. The molecule has 4 heteroatoms. The second-order valence-corrected chi connectivity index (χ2v) is 2.71. The number of halogens is 1. The summed E-state index contributed by atoms with van der Waals surface area (Å²) in [7, 11) is 0. The summed E-state index contributed by atoms with van der Waals surface area (Å²) in [5.74, 6) is 0. The van der Waals surface area contributed by atoms with Crippen molar-refractivity contribution in [2.75, 3.05) is 0 Å². The summed E-state index contributed by atoms with van der Waals surface area (Å²) < 4.78 is 2.72. The molecule has 0 unspecified atom stereocenters. The van der Waals surface area contributed by atoms with Crippen LogP contribution >= 0.6 is 15.9 Å². The molecule has 0 aromatic carbocycles. The van der Waals surface area contributed by atoms with E-state index in [1.807, 2.05) is 12.1 Å². The molecule has 0 aliphatic rings. The smallest absolute Gasteiger partial charge is 0.136 e. The zero-order valence-electron chi connectivity index (χ0n) is 5.03. The van der Waals surface area contributed by atoms with Crippen LogP contribution in [-0.2, 0) is 0 Å². The number of hydrogen-bond acceptors (Lipinski definition) is 2. The van der Waals surface area contributed by atoms with E-state index < -0.39 is 0 Å². The fourth-order valence-corrected chi connectivity index (χ4v) is 1.26. The van der Waals surface area contributed by atoms with Gasteiger partial charge in [0, 0.05) is 0 Å². The van der Waals surface area contributed by atoms with E-state index in [1.54, 1.807) is 10.7 Å². The maximum Gasteiger partial charge on any atom is 0.136 e. The van der Waals surface area contributed by atoms with Crippen LogP contribution in [0.3, 0.4) is 0 Å². The summed E-state index contributed by atoms with van der Waals surface area (Å²) in [6.45, 7) is 0. The van der Waals surface area contributed by atoms with Gasteiger partial charge in [0.1, 0.15) is 10.9 Å². The molecule has 50 valence electrons. The molecule has 2 aromatic heterocycles. The van der Waals surface area contributed by atoms with Gasteiger partial charge in [0.2, 0.25) is 0 Å². The molecule has 0 bridgehead atoms. The van der Waals surface area contributed by atoms with Crippen LogP contribution in [0.25, 0.3) is 5.52 Å². The van der Waals surface area contributed by atoms with Gasteiger partial charge in [-0.05, 0) is 28.1 Å². The lowest BCUT2D eigenvalue weighted by molar-refractivity contribution is 0.885. The van der Waals surface area contributed by atoms with E-state index in [-0.39, 0.29) is 0 Å². The summed E-state index contributed by atoms with van der Waals surface area (Å²) in [6.07, 6.45) is 3.27. The van der Waals surface area contributed by atoms with Crippen LogP contribution in [0.2, 0.25) is 0 Å². The number of hydrogen-bond donors (Lipinski definition) is 0. The van der Waals surface area contributed by atoms with Crippen molar-refractivity contribution < 1.29 is 0 Å². The van der Waals surface area contributed by atoms with E-state index >= 15 is 0 Å². The highest BCUT2D eigenvalue weighted by Crippen LogP contribution is 2.11. The van der Waals surface area contributed by atoms with Crippen LogP contribution in [0.15, 0.2) is 29.3 Å². The van der Waals surface area contributed by atoms with Gasteiger partial charge in [0.25, 0.3) is 0 Å². The summed E-state index contributed by atoms with van der Waals surface area (Å²) in [5.41, 5.74) is 0.995. The second kappa shape index (κ2) is 2.05. The van der Waals surface area contributed by atoms with Crippen molar-refractivity contribution in [3.05, 3.63) is 29.3 Å². The molecular weight excluding hydrogens is 194 g/mol. The quantitative estimate of drug-likeness (QED) is 0.641. The first-order valence-electron chi connectivity index (χ1n) is 2.81. The SMILES string of the molecule is Brc1ccc2cncnn12. The molecule has 0 fully saturated rings. The topological polar surface area (TPSA) is 30.2 Å². The van der Waals surface area contributed by atoms with E-state index in [0.717, 1.165) is 10.1 Å². The maximum atomic E-state index is 4.00. The number of nitrogens with zero attached hydrogens (tertiary/aromatic N) is 3. The van der Waals surface area contributed by atoms with Gasteiger partial charge in [-0.15, -0.1) is 0 Å². The zero-order chi connectivity index (χ0) is 6.97.